The summed E-state index contributed by atoms with van der Waals surface area (Å²) in [5.41, 5.74) is 2.30. The summed E-state index contributed by atoms with van der Waals surface area (Å²) in [4.78, 5) is 6.73. The minimum atomic E-state index is 0.996. The van der Waals surface area contributed by atoms with Crippen LogP contribution >= 0.6 is 0 Å². The Balaban J connectivity index is 2.01. The number of rotatable bonds is 3. The molecule has 1 aromatic rings. The van der Waals surface area contributed by atoms with Crippen LogP contribution in [0.1, 0.15) is 12.1 Å². The minimum absolute atomic E-state index is 0.996. The van der Waals surface area contributed by atoms with E-state index in [9.17, 15) is 0 Å². The molecule has 2 rings (SSSR count). The van der Waals surface area contributed by atoms with Gasteiger partial charge in [0.25, 0.3) is 0 Å². The van der Waals surface area contributed by atoms with Gasteiger partial charge in [0.15, 0.2) is 0 Å². The Morgan fingerprint density at radius 1 is 1.54 bits per heavy atom. The molecule has 0 saturated carbocycles. The Hall–Kier alpha value is -1.09. The number of likely N-dealkylation sites (tertiary alicyclic amines) is 1. The lowest BCUT2D eigenvalue weighted by Crippen LogP contribution is -2.36. The number of hydrogen-bond donors (Lipinski definition) is 1. The van der Waals surface area contributed by atoms with Crippen LogP contribution in [0.4, 0.5) is 5.69 Å². The molecule has 1 saturated heterocycles. The molecule has 0 radical (unpaired) electrons. The molecule has 1 N–H and O–H groups in total. The van der Waals surface area contributed by atoms with Gasteiger partial charge < -0.3 is 5.32 Å². The first-order chi connectivity index (χ1) is 6.38. The minimum Gasteiger partial charge on any atom is -0.388 e. The van der Waals surface area contributed by atoms with E-state index in [0.717, 1.165) is 17.9 Å². The molecule has 0 spiro atoms. The van der Waals surface area contributed by atoms with Gasteiger partial charge in [-0.2, -0.15) is 0 Å². The van der Waals surface area contributed by atoms with Crippen LogP contribution in [-0.4, -0.2) is 30.0 Å². The SMILES string of the molecule is CNc1ccnc(CN2CCC2)c1. The Morgan fingerprint density at radius 3 is 3.00 bits per heavy atom. The fraction of sp³-hybridized carbons (Fsp3) is 0.500. The third-order valence-corrected chi connectivity index (χ3v) is 2.44. The first kappa shape index (κ1) is 8.51. The van der Waals surface area contributed by atoms with Gasteiger partial charge in [-0.1, -0.05) is 0 Å². The topological polar surface area (TPSA) is 28.2 Å². The summed E-state index contributed by atoms with van der Waals surface area (Å²) in [6, 6.07) is 4.10. The normalized spacial score (nSPS) is 16.7. The summed E-state index contributed by atoms with van der Waals surface area (Å²) >= 11 is 0. The molecule has 3 nitrogen and oxygen atoms in total. The summed E-state index contributed by atoms with van der Waals surface area (Å²) in [7, 11) is 1.93. The van der Waals surface area contributed by atoms with Crippen LogP contribution in [0.5, 0.6) is 0 Å². The largest absolute Gasteiger partial charge is 0.388 e. The highest BCUT2D eigenvalue weighted by atomic mass is 15.2. The first-order valence-electron chi connectivity index (χ1n) is 4.73. The summed E-state index contributed by atoms with van der Waals surface area (Å²) < 4.78 is 0. The van der Waals surface area contributed by atoms with Crippen molar-refractivity contribution in [2.45, 2.75) is 13.0 Å². The third-order valence-electron chi connectivity index (χ3n) is 2.44. The van der Waals surface area contributed by atoms with Gasteiger partial charge in [0.2, 0.25) is 0 Å². The number of nitrogens with zero attached hydrogens (tertiary/aromatic N) is 2. The van der Waals surface area contributed by atoms with E-state index in [2.05, 4.69) is 21.3 Å². The molecule has 3 heteroatoms. The number of pyridine rings is 1. The number of hydrogen-bond acceptors (Lipinski definition) is 3. The van der Waals surface area contributed by atoms with Gasteiger partial charge >= 0.3 is 0 Å². The quantitative estimate of drug-likeness (QED) is 0.755. The molecule has 0 bridgehead atoms. The van der Waals surface area contributed by atoms with Gasteiger partial charge in [0.1, 0.15) is 0 Å². The third kappa shape index (κ3) is 1.98. The molecule has 1 aromatic heterocycles. The average molecular weight is 177 g/mol. The summed E-state index contributed by atoms with van der Waals surface area (Å²) in [5.74, 6) is 0. The van der Waals surface area contributed by atoms with E-state index in [4.69, 9.17) is 0 Å². The molecule has 13 heavy (non-hydrogen) atoms. The second kappa shape index (κ2) is 3.75. The lowest BCUT2D eigenvalue weighted by molar-refractivity contribution is 0.170. The molecule has 70 valence electrons. The van der Waals surface area contributed by atoms with E-state index in [0.29, 0.717) is 0 Å². The second-order valence-corrected chi connectivity index (χ2v) is 3.42. The molecule has 0 amide bonds. The van der Waals surface area contributed by atoms with Crippen molar-refractivity contribution in [2.24, 2.45) is 0 Å². The van der Waals surface area contributed by atoms with Gasteiger partial charge in [-0.25, -0.2) is 0 Å². The van der Waals surface area contributed by atoms with Crippen molar-refractivity contribution in [1.82, 2.24) is 9.88 Å². The van der Waals surface area contributed by atoms with Crippen LogP contribution in [0.3, 0.4) is 0 Å². The Bertz CT molecular complexity index is 281. The van der Waals surface area contributed by atoms with Crippen molar-refractivity contribution in [3.63, 3.8) is 0 Å². The average Bonchev–Trinajstić information content (AvgIpc) is 2.12. The van der Waals surface area contributed by atoms with Gasteiger partial charge in [0.05, 0.1) is 5.69 Å². The van der Waals surface area contributed by atoms with Crippen molar-refractivity contribution in [1.29, 1.82) is 0 Å². The smallest absolute Gasteiger partial charge is 0.0564 e. The zero-order chi connectivity index (χ0) is 9.10. The van der Waals surface area contributed by atoms with Crippen molar-refractivity contribution in [3.8, 4) is 0 Å². The van der Waals surface area contributed by atoms with Crippen molar-refractivity contribution in [3.05, 3.63) is 24.0 Å². The van der Waals surface area contributed by atoms with Crippen LogP contribution in [0.2, 0.25) is 0 Å². The van der Waals surface area contributed by atoms with E-state index in [1.165, 1.54) is 19.5 Å². The highest BCUT2D eigenvalue weighted by Gasteiger charge is 2.14. The summed E-state index contributed by atoms with van der Waals surface area (Å²) in [6.07, 6.45) is 3.20. The van der Waals surface area contributed by atoms with Crippen LogP contribution in [0, 0.1) is 0 Å². The van der Waals surface area contributed by atoms with Crippen LogP contribution < -0.4 is 5.32 Å². The first-order valence-corrected chi connectivity index (χ1v) is 4.73. The Labute approximate surface area is 78.8 Å². The van der Waals surface area contributed by atoms with Crippen LogP contribution in [0.15, 0.2) is 18.3 Å². The zero-order valence-corrected chi connectivity index (χ0v) is 7.95. The molecular formula is C10H15N3. The monoisotopic (exact) mass is 177 g/mol. The van der Waals surface area contributed by atoms with Gasteiger partial charge in [0, 0.05) is 25.5 Å². The van der Waals surface area contributed by atoms with E-state index < -0.39 is 0 Å². The molecule has 0 aromatic carbocycles. The van der Waals surface area contributed by atoms with Crippen molar-refractivity contribution < 1.29 is 0 Å². The Morgan fingerprint density at radius 2 is 2.38 bits per heavy atom. The molecule has 1 fully saturated rings. The Kier molecular flexibility index (Phi) is 2.45. The molecule has 1 aliphatic rings. The fourth-order valence-corrected chi connectivity index (χ4v) is 1.49. The summed E-state index contributed by atoms with van der Waals surface area (Å²) in [6.45, 7) is 3.45. The van der Waals surface area contributed by atoms with Gasteiger partial charge in [-0.05, 0) is 31.6 Å². The number of aromatic nitrogens is 1. The van der Waals surface area contributed by atoms with Crippen molar-refractivity contribution >= 4 is 5.69 Å². The van der Waals surface area contributed by atoms with E-state index >= 15 is 0 Å². The maximum Gasteiger partial charge on any atom is 0.0564 e. The summed E-state index contributed by atoms with van der Waals surface area (Å²) in [5, 5.41) is 3.12. The predicted octanol–water partition coefficient (Wildman–Crippen LogP) is 1.33. The zero-order valence-electron chi connectivity index (χ0n) is 7.95. The highest BCUT2D eigenvalue weighted by Crippen LogP contribution is 2.13. The highest BCUT2D eigenvalue weighted by molar-refractivity contribution is 5.42. The van der Waals surface area contributed by atoms with Crippen molar-refractivity contribution in [2.75, 3.05) is 25.5 Å². The maximum atomic E-state index is 4.33. The molecule has 0 atom stereocenters. The second-order valence-electron chi connectivity index (χ2n) is 3.42. The molecular weight excluding hydrogens is 162 g/mol. The fourth-order valence-electron chi connectivity index (χ4n) is 1.49. The number of anilines is 1. The maximum absolute atomic E-state index is 4.33. The van der Waals surface area contributed by atoms with E-state index in [1.54, 1.807) is 0 Å². The van der Waals surface area contributed by atoms with E-state index in [1.807, 2.05) is 19.3 Å². The molecule has 0 aliphatic carbocycles. The van der Waals surface area contributed by atoms with Crippen LogP contribution in [-0.2, 0) is 6.54 Å². The standard InChI is InChI=1S/C10H15N3/c1-11-9-3-4-12-10(7-9)8-13-5-2-6-13/h3-4,7H,2,5-6,8H2,1H3,(H,11,12). The molecule has 1 aliphatic heterocycles. The lowest BCUT2D eigenvalue weighted by Gasteiger charge is -2.30. The van der Waals surface area contributed by atoms with E-state index in [-0.39, 0.29) is 0 Å². The predicted molar refractivity (Wildman–Crippen MR) is 53.7 cm³/mol. The van der Waals surface area contributed by atoms with Crippen LogP contribution in [0.25, 0.3) is 0 Å². The van der Waals surface area contributed by atoms with Gasteiger partial charge in [-0.3, -0.25) is 9.88 Å². The molecule has 2 heterocycles. The van der Waals surface area contributed by atoms with Gasteiger partial charge in [-0.15, -0.1) is 0 Å². The number of nitrogens with one attached hydrogen (secondary N) is 1. The lowest BCUT2D eigenvalue weighted by atomic mass is 10.2. The molecule has 0 unspecified atom stereocenters.